The summed E-state index contributed by atoms with van der Waals surface area (Å²) in [6.45, 7) is 3.94. The van der Waals surface area contributed by atoms with Gasteiger partial charge in [0.05, 0.1) is 4.90 Å². The molecule has 1 aromatic carbocycles. The van der Waals surface area contributed by atoms with Crippen LogP contribution < -0.4 is 0 Å². The topological polar surface area (TPSA) is 37.4 Å². The number of rotatable bonds is 4. The van der Waals surface area contributed by atoms with Gasteiger partial charge in [-0.2, -0.15) is 0 Å². The van der Waals surface area contributed by atoms with Crippen LogP contribution in [0.15, 0.2) is 23.1 Å². The Bertz CT molecular complexity index is 577. The number of hydrogen-bond donors (Lipinski definition) is 0. The maximum atomic E-state index is 14.0. The molecule has 112 valence electrons. The van der Waals surface area contributed by atoms with Crippen LogP contribution in [0.3, 0.4) is 0 Å². The molecule has 1 unspecified atom stereocenters. The van der Waals surface area contributed by atoms with Crippen LogP contribution in [0.2, 0.25) is 0 Å². The maximum Gasteiger partial charge on any atom is 0.261 e. The number of benzene rings is 1. The second kappa shape index (κ2) is 6.41. The van der Waals surface area contributed by atoms with Crippen molar-refractivity contribution in [1.82, 2.24) is 4.90 Å². The van der Waals surface area contributed by atoms with Crippen LogP contribution in [-0.2, 0) is 15.5 Å². The highest BCUT2D eigenvalue weighted by atomic mass is 35.7. The lowest BCUT2D eigenvalue weighted by Crippen LogP contribution is -2.40. The van der Waals surface area contributed by atoms with Gasteiger partial charge in [-0.1, -0.05) is 19.4 Å². The van der Waals surface area contributed by atoms with Crippen LogP contribution in [0, 0.1) is 5.82 Å². The normalized spacial score (nSPS) is 21.1. The van der Waals surface area contributed by atoms with Crippen LogP contribution in [0.4, 0.5) is 4.39 Å². The number of nitrogens with zero attached hydrogens (tertiary/aromatic N) is 1. The lowest BCUT2D eigenvalue weighted by atomic mass is 9.95. The maximum absolute atomic E-state index is 14.0. The first-order valence-corrected chi connectivity index (χ1v) is 9.20. The van der Waals surface area contributed by atoms with Crippen molar-refractivity contribution in [3.05, 3.63) is 29.6 Å². The molecule has 0 bridgehead atoms. The van der Waals surface area contributed by atoms with Crippen molar-refractivity contribution in [2.24, 2.45) is 0 Å². The summed E-state index contributed by atoms with van der Waals surface area (Å²) in [7, 11) is 1.50. The first kappa shape index (κ1) is 15.7. The number of likely N-dealkylation sites (tertiary alicyclic amines) is 1. The average Bonchev–Trinajstić information content (AvgIpc) is 2.40. The molecule has 1 atom stereocenters. The molecule has 20 heavy (non-hydrogen) atoms. The Kier molecular flexibility index (Phi) is 5.04. The minimum absolute atomic E-state index is 0.0965. The summed E-state index contributed by atoms with van der Waals surface area (Å²) in [5.74, 6) is -0.492. The van der Waals surface area contributed by atoms with E-state index in [9.17, 15) is 12.8 Å². The van der Waals surface area contributed by atoms with Crippen LogP contribution in [0.1, 0.15) is 31.7 Å². The summed E-state index contributed by atoms with van der Waals surface area (Å²) in [6.07, 6.45) is 3.59. The van der Waals surface area contributed by atoms with Gasteiger partial charge >= 0.3 is 0 Å². The molecule has 0 N–H and O–H groups in total. The Hall–Kier alpha value is -0.650. The van der Waals surface area contributed by atoms with Crippen molar-refractivity contribution in [1.29, 1.82) is 0 Å². The third kappa shape index (κ3) is 3.51. The highest BCUT2D eigenvalue weighted by molar-refractivity contribution is 8.13. The van der Waals surface area contributed by atoms with Gasteiger partial charge in [-0.25, -0.2) is 12.8 Å². The Labute approximate surface area is 124 Å². The molecule has 1 fully saturated rings. The molecule has 1 aliphatic heterocycles. The third-order valence-electron chi connectivity index (χ3n) is 3.93. The van der Waals surface area contributed by atoms with Crippen LogP contribution in [0.5, 0.6) is 0 Å². The second-order valence-electron chi connectivity index (χ2n) is 5.14. The van der Waals surface area contributed by atoms with E-state index in [0.29, 0.717) is 6.42 Å². The molecule has 2 rings (SSSR count). The van der Waals surface area contributed by atoms with Crippen LogP contribution in [-0.4, -0.2) is 32.4 Å². The fourth-order valence-electron chi connectivity index (χ4n) is 2.91. The second-order valence-corrected chi connectivity index (χ2v) is 7.67. The van der Waals surface area contributed by atoms with Gasteiger partial charge in [-0.3, -0.25) is 0 Å². The van der Waals surface area contributed by atoms with Gasteiger partial charge < -0.3 is 4.90 Å². The molecule has 3 nitrogen and oxygen atoms in total. The van der Waals surface area contributed by atoms with E-state index in [4.69, 9.17) is 10.7 Å². The molecule has 0 saturated carbocycles. The average molecular weight is 320 g/mol. The number of hydrogen-bond acceptors (Lipinski definition) is 3. The zero-order valence-corrected chi connectivity index (χ0v) is 13.1. The zero-order valence-electron chi connectivity index (χ0n) is 11.5. The summed E-state index contributed by atoms with van der Waals surface area (Å²) in [4.78, 5) is 2.18. The van der Waals surface area contributed by atoms with E-state index in [2.05, 4.69) is 11.8 Å². The first-order valence-electron chi connectivity index (χ1n) is 6.89. The summed E-state index contributed by atoms with van der Waals surface area (Å²) in [6, 6.07) is 4.23. The van der Waals surface area contributed by atoms with Gasteiger partial charge in [0, 0.05) is 22.3 Å². The molecule has 0 aliphatic carbocycles. The highest BCUT2D eigenvalue weighted by Gasteiger charge is 2.26. The number of halogens is 2. The van der Waals surface area contributed by atoms with Gasteiger partial charge in [0.1, 0.15) is 5.82 Å². The lowest BCUT2D eigenvalue weighted by Gasteiger charge is -2.35. The van der Waals surface area contributed by atoms with Crippen molar-refractivity contribution in [2.75, 3.05) is 13.1 Å². The Morgan fingerprint density at radius 2 is 2.15 bits per heavy atom. The predicted molar refractivity (Wildman–Crippen MR) is 78.0 cm³/mol. The minimum atomic E-state index is -3.92. The molecular weight excluding hydrogens is 301 g/mol. The number of piperidine rings is 1. The summed E-state index contributed by atoms with van der Waals surface area (Å²) >= 11 is 0. The van der Waals surface area contributed by atoms with E-state index >= 15 is 0 Å². The van der Waals surface area contributed by atoms with Gasteiger partial charge in [0.2, 0.25) is 0 Å². The standard InChI is InChI=1S/C14H19ClFNO2S/c1-2-17-9-4-3-6-11(17)10-12-13(16)7-5-8-14(12)20(15,18)19/h5,7-8,11H,2-4,6,9-10H2,1H3. The first-order chi connectivity index (χ1) is 9.43. The summed E-state index contributed by atoms with van der Waals surface area (Å²) in [5.41, 5.74) is 0.216. The van der Waals surface area contributed by atoms with Crippen molar-refractivity contribution >= 4 is 19.7 Å². The summed E-state index contributed by atoms with van der Waals surface area (Å²) in [5, 5.41) is 0. The van der Waals surface area contributed by atoms with Crippen molar-refractivity contribution in [3.8, 4) is 0 Å². The van der Waals surface area contributed by atoms with E-state index in [1.807, 2.05) is 0 Å². The molecule has 1 saturated heterocycles. The molecule has 1 heterocycles. The smallest absolute Gasteiger partial charge is 0.261 e. The van der Waals surface area contributed by atoms with E-state index in [-0.39, 0.29) is 16.5 Å². The Balaban J connectivity index is 2.33. The van der Waals surface area contributed by atoms with Gasteiger partial charge in [-0.15, -0.1) is 0 Å². The molecule has 6 heteroatoms. The predicted octanol–water partition coefficient (Wildman–Crippen LogP) is 3.17. The van der Waals surface area contributed by atoms with Crippen molar-refractivity contribution in [2.45, 2.75) is 43.5 Å². The Morgan fingerprint density at radius 3 is 2.80 bits per heavy atom. The van der Waals surface area contributed by atoms with E-state index < -0.39 is 14.9 Å². The minimum Gasteiger partial charge on any atom is -0.300 e. The molecule has 0 spiro atoms. The van der Waals surface area contributed by atoms with Crippen molar-refractivity contribution in [3.63, 3.8) is 0 Å². The summed E-state index contributed by atoms with van der Waals surface area (Å²) < 4.78 is 37.2. The third-order valence-corrected chi connectivity index (χ3v) is 5.34. The molecule has 0 amide bonds. The Morgan fingerprint density at radius 1 is 1.40 bits per heavy atom. The zero-order chi connectivity index (χ0) is 14.8. The quantitative estimate of drug-likeness (QED) is 0.800. The molecule has 0 radical (unpaired) electrons. The monoisotopic (exact) mass is 319 g/mol. The van der Waals surface area contributed by atoms with E-state index in [1.54, 1.807) is 0 Å². The molecule has 1 aromatic rings. The van der Waals surface area contributed by atoms with Gasteiger partial charge in [-0.05, 0) is 44.5 Å². The van der Waals surface area contributed by atoms with E-state index in [0.717, 1.165) is 32.4 Å². The fourth-order valence-corrected chi connectivity index (χ4v) is 4.06. The molecular formula is C14H19ClFNO2S. The SMILES string of the molecule is CCN1CCCCC1Cc1c(F)cccc1S(=O)(=O)Cl. The van der Waals surface area contributed by atoms with Crippen molar-refractivity contribution < 1.29 is 12.8 Å². The van der Waals surface area contributed by atoms with Crippen LogP contribution in [0.25, 0.3) is 0 Å². The van der Waals surface area contributed by atoms with Gasteiger partial charge in [0.15, 0.2) is 0 Å². The van der Waals surface area contributed by atoms with Crippen LogP contribution >= 0.6 is 10.7 Å². The van der Waals surface area contributed by atoms with Gasteiger partial charge in [0.25, 0.3) is 9.05 Å². The largest absolute Gasteiger partial charge is 0.300 e. The van der Waals surface area contributed by atoms with E-state index in [1.165, 1.54) is 18.2 Å². The molecule has 0 aromatic heterocycles. The fraction of sp³-hybridized carbons (Fsp3) is 0.571. The highest BCUT2D eigenvalue weighted by Crippen LogP contribution is 2.27. The number of likely N-dealkylation sites (N-methyl/N-ethyl adjacent to an activating group) is 1. The lowest BCUT2D eigenvalue weighted by molar-refractivity contribution is 0.154. The molecule has 1 aliphatic rings.